The van der Waals surface area contributed by atoms with Crippen molar-refractivity contribution in [1.82, 2.24) is 15.2 Å². The number of likely N-dealkylation sites (N-methyl/N-ethyl adjacent to an activating group) is 1. The molecule has 11 heteroatoms. The van der Waals surface area contributed by atoms with Gasteiger partial charge in [0.15, 0.2) is 0 Å². The molecule has 180 valence electrons. The Morgan fingerprint density at radius 2 is 1.85 bits per heavy atom. The molecule has 0 aliphatic carbocycles. The van der Waals surface area contributed by atoms with E-state index in [-0.39, 0.29) is 22.6 Å². The summed E-state index contributed by atoms with van der Waals surface area (Å²) < 4.78 is 72.6. The van der Waals surface area contributed by atoms with Gasteiger partial charge in [-0.3, -0.25) is 20.5 Å². The highest BCUT2D eigenvalue weighted by molar-refractivity contribution is 5.85. The van der Waals surface area contributed by atoms with E-state index in [9.17, 15) is 26.7 Å². The minimum Gasteiger partial charge on any atom is -0.496 e. The number of nitrogens with zero attached hydrogens (tertiary/aromatic N) is 2. The molecule has 1 unspecified atom stereocenters. The van der Waals surface area contributed by atoms with Crippen LogP contribution in [0.25, 0.3) is 0 Å². The van der Waals surface area contributed by atoms with Crippen LogP contribution < -0.4 is 15.6 Å². The highest BCUT2D eigenvalue weighted by Gasteiger charge is 2.35. The van der Waals surface area contributed by atoms with Crippen molar-refractivity contribution in [1.29, 1.82) is 0 Å². The van der Waals surface area contributed by atoms with Gasteiger partial charge in [0, 0.05) is 26.2 Å². The predicted molar refractivity (Wildman–Crippen MR) is 113 cm³/mol. The standard InChI is InChI=1S/C22H25F5N4O2/c1-30-6-8-31(9-7-30)20(19-17(24)4-3-5-18(19)33-2)21(32)29-28-16-11-14(13-23)10-15(12-16)22(25,26)27/h3-5,10-12,20,28H,6-9,13H2,1-2H3,(H,29,32). The lowest BCUT2D eigenvalue weighted by molar-refractivity contribution is -0.137. The number of hydrazine groups is 1. The van der Waals surface area contributed by atoms with Crippen LogP contribution in [0.15, 0.2) is 36.4 Å². The Labute approximate surface area is 188 Å². The highest BCUT2D eigenvalue weighted by atomic mass is 19.4. The van der Waals surface area contributed by atoms with Gasteiger partial charge in [-0.05, 0) is 42.9 Å². The molecule has 2 aromatic rings. The van der Waals surface area contributed by atoms with Crippen molar-refractivity contribution in [2.24, 2.45) is 0 Å². The topological polar surface area (TPSA) is 56.8 Å². The molecule has 1 heterocycles. The third-order valence-corrected chi connectivity index (χ3v) is 5.46. The third-order valence-electron chi connectivity index (χ3n) is 5.46. The number of methoxy groups -OCH3 is 1. The van der Waals surface area contributed by atoms with E-state index in [0.29, 0.717) is 32.2 Å². The molecule has 1 amide bonds. The summed E-state index contributed by atoms with van der Waals surface area (Å²) in [5, 5.41) is 0. The average Bonchev–Trinajstić information content (AvgIpc) is 2.79. The maximum absolute atomic E-state index is 14.8. The number of nitrogens with one attached hydrogen (secondary N) is 2. The van der Waals surface area contributed by atoms with Crippen LogP contribution in [0.1, 0.15) is 22.7 Å². The number of alkyl halides is 4. The number of halogens is 5. The quantitative estimate of drug-likeness (QED) is 0.475. The van der Waals surface area contributed by atoms with E-state index in [1.165, 1.54) is 25.3 Å². The van der Waals surface area contributed by atoms with Gasteiger partial charge in [0.05, 0.1) is 23.9 Å². The van der Waals surface area contributed by atoms with Crippen LogP contribution in [-0.2, 0) is 17.6 Å². The Balaban J connectivity index is 1.89. The molecule has 0 radical (unpaired) electrons. The van der Waals surface area contributed by atoms with Crippen LogP contribution in [0.2, 0.25) is 0 Å². The number of anilines is 1. The van der Waals surface area contributed by atoms with Gasteiger partial charge in [-0.2, -0.15) is 13.2 Å². The second-order valence-electron chi connectivity index (χ2n) is 7.76. The lowest BCUT2D eigenvalue weighted by Gasteiger charge is -2.37. The lowest BCUT2D eigenvalue weighted by atomic mass is 10.0. The second-order valence-corrected chi connectivity index (χ2v) is 7.76. The van der Waals surface area contributed by atoms with Gasteiger partial charge in [-0.25, -0.2) is 8.78 Å². The van der Waals surface area contributed by atoms with Crippen molar-refractivity contribution >= 4 is 11.6 Å². The number of amides is 1. The van der Waals surface area contributed by atoms with Gasteiger partial charge in [-0.15, -0.1) is 0 Å². The average molecular weight is 472 g/mol. The minimum absolute atomic E-state index is 0.0253. The van der Waals surface area contributed by atoms with Crippen LogP contribution in [0.5, 0.6) is 5.75 Å². The fourth-order valence-corrected chi connectivity index (χ4v) is 3.73. The number of benzene rings is 2. The molecule has 1 aliphatic heterocycles. The van der Waals surface area contributed by atoms with Crippen LogP contribution in [0.3, 0.4) is 0 Å². The van der Waals surface area contributed by atoms with Gasteiger partial charge in [0.2, 0.25) is 0 Å². The predicted octanol–water partition coefficient (Wildman–Crippen LogP) is 3.75. The maximum atomic E-state index is 14.8. The zero-order chi connectivity index (χ0) is 24.2. The van der Waals surface area contributed by atoms with Gasteiger partial charge in [0.1, 0.15) is 24.3 Å². The van der Waals surface area contributed by atoms with Gasteiger partial charge >= 0.3 is 6.18 Å². The Morgan fingerprint density at radius 3 is 2.45 bits per heavy atom. The molecule has 1 fully saturated rings. The number of carbonyl (C=O) groups excluding carboxylic acids is 1. The fraction of sp³-hybridized carbons (Fsp3) is 0.409. The normalized spacial score (nSPS) is 16.3. The molecule has 1 atom stereocenters. The first-order valence-corrected chi connectivity index (χ1v) is 10.2. The van der Waals surface area contributed by atoms with Crippen LogP contribution >= 0.6 is 0 Å². The molecule has 0 bridgehead atoms. The smallest absolute Gasteiger partial charge is 0.416 e. The van der Waals surface area contributed by atoms with Crippen LogP contribution in [0.4, 0.5) is 27.6 Å². The molecule has 0 spiro atoms. The number of carbonyl (C=O) groups is 1. The number of ether oxygens (including phenoxy) is 1. The summed E-state index contributed by atoms with van der Waals surface area (Å²) in [7, 11) is 3.28. The summed E-state index contributed by atoms with van der Waals surface area (Å²) in [5.74, 6) is -1.16. The zero-order valence-corrected chi connectivity index (χ0v) is 18.2. The first-order chi connectivity index (χ1) is 15.6. The Hall–Kier alpha value is -2.92. The van der Waals surface area contributed by atoms with E-state index in [0.717, 1.165) is 12.1 Å². The Bertz CT molecular complexity index is 978. The number of hydrogen-bond donors (Lipinski definition) is 2. The van der Waals surface area contributed by atoms with Crippen molar-refractivity contribution in [2.45, 2.75) is 18.9 Å². The van der Waals surface area contributed by atoms with Crippen LogP contribution in [0, 0.1) is 5.82 Å². The second kappa shape index (κ2) is 10.3. The molecule has 2 N–H and O–H groups in total. The van der Waals surface area contributed by atoms with E-state index >= 15 is 0 Å². The van der Waals surface area contributed by atoms with E-state index in [2.05, 4.69) is 15.8 Å². The number of piperazine rings is 1. The highest BCUT2D eigenvalue weighted by Crippen LogP contribution is 2.34. The van der Waals surface area contributed by atoms with Crippen molar-refractivity contribution in [3.8, 4) is 5.75 Å². The lowest BCUT2D eigenvalue weighted by Crippen LogP contribution is -2.50. The molecule has 6 nitrogen and oxygen atoms in total. The molecule has 2 aromatic carbocycles. The molecule has 1 saturated heterocycles. The molecular weight excluding hydrogens is 447 g/mol. The zero-order valence-electron chi connectivity index (χ0n) is 18.2. The van der Waals surface area contributed by atoms with Crippen molar-refractivity contribution < 1.29 is 31.5 Å². The first kappa shape index (κ1) is 24.7. The molecule has 33 heavy (non-hydrogen) atoms. The monoisotopic (exact) mass is 472 g/mol. The summed E-state index contributed by atoms with van der Waals surface area (Å²) in [6.45, 7) is 1.09. The van der Waals surface area contributed by atoms with Crippen LogP contribution in [-0.4, -0.2) is 56.0 Å². The third kappa shape index (κ3) is 5.91. The minimum atomic E-state index is -4.69. The van der Waals surface area contributed by atoms with Crippen molar-refractivity contribution in [3.63, 3.8) is 0 Å². The van der Waals surface area contributed by atoms with E-state index in [1.807, 2.05) is 7.05 Å². The van der Waals surface area contributed by atoms with Crippen molar-refractivity contribution in [2.75, 3.05) is 45.8 Å². The fourth-order valence-electron chi connectivity index (χ4n) is 3.73. The molecular formula is C22H25F5N4O2. The van der Waals surface area contributed by atoms with Gasteiger partial charge in [0.25, 0.3) is 5.91 Å². The Kier molecular flexibility index (Phi) is 7.75. The molecule has 3 rings (SSSR count). The van der Waals surface area contributed by atoms with Crippen molar-refractivity contribution in [3.05, 3.63) is 58.9 Å². The molecule has 1 aliphatic rings. The van der Waals surface area contributed by atoms with E-state index < -0.39 is 36.2 Å². The summed E-state index contributed by atoms with van der Waals surface area (Å²) >= 11 is 0. The summed E-state index contributed by atoms with van der Waals surface area (Å²) in [4.78, 5) is 17.0. The summed E-state index contributed by atoms with van der Waals surface area (Å²) in [5.41, 5.74) is 3.40. The summed E-state index contributed by atoms with van der Waals surface area (Å²) in [6, 6.07) is 5.71. The van der Waals surface area contributed by atoms with Gasteiger partial charge < -0.3 is 9.64 Å². The SMILES string of the molecule is COc1cccc(F)c1C(C(=O)NNc1cc(CF)cc(C(F)(F)F)c1)N1CCN(C)CC1. The first-order valence-electron chi connectivity index (χ1n) is 10.2. The Morgan fingerprint density at radius 1 is 1.15 bits per heavy atom. The van der Waals surface area contributed by atoms with E-state index in [4.69, 9.17) is 4.74 Å². The molecule has 0 saturated carbocycles. The van der Waals surface area contributed by atoms with Gasteiger partial charge in [-0.1, -0.05) is 6.07 Å². The largest absolute Gasteiger partial charge is 0.496 e. The molecule has 0 aromatic heterocycles. The number of hydrogen-bond acceptors (Lipinski definition) is 5. The summed E-state index contributed by atoms with van der Waals surface area (Å²) in [6.07, 6.45) is -4.69. The maximum Gasteiger partial charge on any atom is 0.416 e. The van der Waals surface area contributed by atoms with E-state index in [1.54, 1.807) is 4.90 Å². The number of rotatable bonds is 7.